The largest absolute Gasteiger partial charge is 0.490 e. The number of hydrogen-bond donors (Lipinski definition) is 0. The molecule has 1 amide bonds. The van der Waals surface area contributed by atoms with E-state index in [1.54, 1.807) is 17.0 Å². The molecule has 1 spiro atoms. The molecular formula is C27H28F3N5O2S. The maximum Gasteiger partial charge on any atom is 0.421 e. The summed E-state index contributed by atoms with van der Waals surface area (Å²) in [4.78, 5) is 22.3. The summed E-state index contributed by atoms with van der Waals surface area (Å²) in [5.74, 6) is 0.173. The number of amides is 1. The van der Waals surface area contributed by atoms with Crippen LogP contribution in [0.4, 0.5) is 24.5 Å². The minimum absolute atomic E-state index is 0.0509. The summed E-state index contributed by atoms with van der Waals surface area (Å²) in [6.07, 6.45) is -0.148. The Morgan fingerprint density at radius 2 is 1.82 bits per heavy atom. The highest BCUT2D eigenvalue weighted by atomic mass is 32.1. The highest BCUT2D eigenvalue weighted by Gasteiger charge is 2.60. The van der Waals surface area contributed by atoms with E-state index in [1.807, 2.05) is 12.1 Å². The lowest BCUT2D eigenvalue weighted by atomic mass is 9.75. The Bertz CT molecular complexity index is 1280. The number of alkyl halides is 3. The van der Waals surface area contributed by atoms with Crippen molar-refractivity contribution in [3.05, 3.63) is 47.8 Å². The van der Waals surface area contributed by atoms with Crippen LogP contribution in [0, 0.1) is 11.3 Å². The van der Waals surface area contributed by atoms with Crippen LogP contribution in [0.3, 0.4) is 0 Å². The number of rotatable bonds is 5. The van der Waals surface area contributed by atoms with Gasteiger partial charge in [-0.15, -0.1) is 0 Å². The van der Waals surface area contributed by atoms with E-state index in [-0.39, 0.29) is 11.2 Å². The lowest BCUT2D eigenvalue weighted by Crippen LogP contribution is -2.55. The van der Waals surface area contributed by atoms with Gasteiger partial charge in [0.1, 0.15) is 29.0 Å². The first-order chi connectivity index (χ1) is 18.1. The number of likely N-dealkylation sites (tertiary alicyclic amines) is 1. The predicted octanol–water partition coefficient (Wildman–Crippen LogP) is 5.28. The second-order valence-corrected chi connectivity index (χ2v) is 10.6. The van der Waals surface area contributed by atoms with Gasteiger partial charge in [-0.1, -0.05) is 0 Å². The van der Waals surface area contributed by atoms with Crippen molar-refractivity contribution in [3.63, 3.8) is 0 Å². The second-order valence-electron chi connectivity index (χ2n) is 10.2. The van der Waals surface area contributed by atoms with E-state index in [1.165, 1.54) is 6.07 Å². The normalized spacial score (nSPS) is 20.2. The molecule has 1 saturated carbocycles. The average Bonchev–Trinajstić information content (AvgIpc) is 3.10. The van der Waals surface area contributed by atoms with Crippen LogP contribution in [0.25, 0.3) is 0 Å². The van der Waals surface area contributed by atoms with Crippen LogP contribution in [0.5, 0.6) is 5.75 Å². The fourth-order valence-corrected chi connectivity index (χ4v) is 6.03. The Morgan fingerprint density at radius 1 is 1.16 bits per heavy atom. The molecule has 1 aromatic heterocycles. The molecule has 200 valence electrons. The molecule has 11 heteroatoms. The molecule has 0 bridgehead atoms. The van der Waals surface area contributed by atoms with E-state index in [2.05, 4.69) is 23.7 Å². The molecule has 0 atom stereocenters. The van der Waals surface area contributed by atoms with E-state index in [0.29, 0.717) is 30.3 Å². The number of piperidine rings is 1. The van der Waals surface area contributed by atoms with Crippen LogP contribution in [0.15, 0.2) is 36.5 Å². The zero-order chi connectivity index (χ0) is 27.2. The number of hydrogen-bond acceptors (Lipinski definition) is 6. The second kappa shape index (κ2) is 9.82. The topological polar surface area (TPSA) is 72.7 Å². The molecule has 3 fully saturated rings. The minimum Gasteiger partial charge on any atom is -0.490 e. The van der Waals surface area contributed by atoms with Gasteiger partial charge in [0.05, 0.1) is 5.69 Å². The van der Waals surface area contributed by atoms with E-state index < -0.39 is 34.6 Å². The molecule has 5 rings (SSSR count). The number of carbonyl (C=O) groups excluding carboxylic acids is 1. The van der Waals surface area contributed by atoms with E-state index in [9.17, 15) is 23.2 Å². The lowest BCUT2D eigenvalue weighted by molar-refractivity contribution is -0.137. The van der Waals surface area contributed by atoms with E-state index in [0.717, 1.165) is 49.5 Å². The molecule has 2 saturated heterocycles. The number of nitrogens with zero attached hydrogens (tertiary/aromatic N) is 5. The number of thiocarbonyl (C=S) groups is 1. The van der Waals surface area contributed by atoms with Gasteiger partial charge in [0.2, 0.25) is 0 Å². The Hall–Kier alpha value is -3.23. The Morgan fingerprint density at radius 3 is 2.34 bits per heavy atom. The smallest absolute Gasteiger partial charge is 0.421 e. The Kier molecular flexibility index (Phi) is 6.82. The summed E-state index contributed by atoms with van der Waals surface area (Å²) in [5.41, 5.74) is -2.98. The maximum atomic E-state index is 14.0. The fraction of sp³-hybridized carbons (Fsp3) is 0.481. The monoisotopic (exact) mass is 543 g/mol. The quantitative estimate of drug-likeness (QED) is 0.475. The van der Waals surface area contributed by atoms with Crippen LogP contribution in [-0.2, 0) is 11.0 Å². The zero-order valence-electron chi connectivity index (χ0n) is 21.2. The van der Waals surface area contributed by atoms with Gasteiger partial charge in [-0.05, 0) is 88.5 Å². The van der Waals surface area contributed by atoms with Crippen molar-refractivity contribution in [2.75, 3.05) is 22.9 Å². The Balaban J connectivity index is 1.42. The van der Waals surface area contributed by atoms with Crippen molar-refractivity contribution in [1.29, 1.82) is 5.26 Å². The van der Waals surface area contributed by atoms with Crippen LogP contribution >= 0.6 is 12.2 Å². The third kappa shape index (κ3) is 4.39. The van der Waals surface area contributed by atoms with Crippen molar-refractivity contribution in [2.24, 2.45) is 0 Å². The van der Waals surface area contributed by atoms with Crippen molar-refractivity contribution in [2.45, 2.75) is 69.8 Å². The standard InChI is InChI=1S/C27H28F3N5O2S/c1-17(2)33-14-9-20(10-15-33)37-19-6-4-18(5-7-19)35-25(38)34(24(36)26(35)11-3-12-26)22-8-13-32-21(16-31)23(22)27(28,29)30/h4-8,13,17,20H,3,9-12,14-15H2,1-2H3. The molecule has 3 aliphatic rings. The van der Waals surface area contributed by atoms with Gasteiger partial charge in [0.25, 0.3) is 5.91 Å². The van der Waals surface area contributed by atoms with Crippen molar-refractivity contribution in [3.8, 4) is 11.8 Å². The highest BCUT2D eigenvalue weighted by Crippen LogP contribution is 2.50. The summed E-state index contributed by atoms with van der Waals surface area (Å²) in [6, 6.07) is 10.3. The number of nitriles is 1. The molecule has 0 unspecified atom stereocenters. The summed E-state index contributed by atoms with van der Waals surface area (Å²) in [6.45, 7) is 6.33. The van der Waals surface area contributed by atoms with Crippen molar-refractivity contribution < 1.29 is 22.7 Å². The molecular weight excluding hydrogens is 515 g/mol. The van der Waals surface area contributed by atoms with Crippen LogP contribution in [0.1, 0.15) is 57.2 Å². The van der Waals surface area contributed by atoms with Gasteiger partial charge >= 0.3 is 6.18 Å². The molecule has 7 nitrogen and oxygen atoms in total. The maximum absolute atomic E-state index is 14.0. The third-order valence-electron chi connectivity index (χ3n) is 7.76. The van der Waals surface area contributed by atoms with Gasteiger partial charge in [0.15, 0.2) is 10.8 Å². The summed E-state index contributed by atoms with van der Waals surface area (Å²) < 4.78 is 48.2. The first-order valence-electron chi connectivity index (χ1n) is 12.7. The summed E-state index contributed by atoms with van der Waals surface area (Å²) >= 11 is 5.63. The number of halogens is 3. The van der Waals surface area contributed by atoms with Crippen molar-refractivity contribution in [1.82, 2.24) is 9.88 Å². The molecule has 3 heterocycles. The molecule has 0 radical (unpaired) electrons. The number of aromatic nitrogens is 1. The van der Waals surface area contributed by atoms with Gasteiger partial charge in [-0.2, -0.15) is 18.4 Å². The number of benzene rings is 1. The summed E-state index contributed by atoms with van der Waals surface area (Å²) in [7, 11) is 0. The van der Waals surface area contributed by atoms with Gasteiger partial charge in [-0.25, -0.2) is 4.98 Å². The first kappa shape index (κ1) is 26.4. The van der Waals surface area contributed by atoms with Gasteiger partial charge in [-0.3, -0.25) is 9.69 Å². The highest BCUT2D eigenvalue weighted by molar-refractivity contribution is 7.81. The molecule has 2 aliphatic heterocycles. The summed E-state index contributed by atoms with van der Waals surface area (Å²) in [5, 5.41) is 9.23. The predicted molar refractivity (Wildman–Crippen MR) is 140 cm³/mol. The van der Waals surface area contributed by atoms with Crippen LogP contribution in [-0.4, -0.2) is 51.7 Å². The number of carbonyl (C=O) groups is 1. The van der Waals surface area contributed by atoms with Crippen LogP contribution < -0.4 is 14.5 Å². The SMILES string of the molecule is CC(C)N1CCC(Oc2ccc(N3C(=S)N(c4ccnc(C#N)c4C(F)(F)F)C(=O)C34CCC4)cc2)CC1. The van der Waals surface area contributed by atoms with Gasteiger partial charge < -0.3 is 14.5 Å². The lowest BCUT2D eigenvalue weighted by Gasteiger charge is -2.43. The average molecular weight is 544 g/mol. The van der Waals surface area contributed by atoms with Crippen molar-refractivity contribution >= 4 is 34.6 Å². The number of ether oxygens (including phenoxy) is 1. The molecule has 2 aromatic rings. The van der Waals surface area contributed by atoms with E-state index in [4.69, 9.17) is 17.0 Å². The molecule has 38 heavy (non-hydrogen) atoms. The fourth-order valence-electron chi connectivity index (χ4n) is 5.57. The number of anilines is 2. The van der Waals surface area contributed by atoms with E-state index >= 15 is 0 Å². The third-order valence-corrected chi connectivity index (χ3v) is 8.12. The molecule has 1 aliphatic carbocycles. The van der Waals surface area contributed by atoms with Gasteiger partial charge in [0, 0.05) is 31.0 Å². The zero-order valence-corrected chi connectivity index (χ0v) is 22.0. The molecule has 1 aromatic carbocycles. The molecule has 0 N–H and O–H groups in total. The Labute approximate surface area is 224 Å². The van der Waals surface area contributed by atoms with Crippen LogP contribution in [0.2, 0.25) is 0 Å². The minimum atomic E-state index is -4.89. The first-order valence-corrected chi connectivity index (χ1v) is 13.1. The number of pyridine rings is 1.